The summed E-state index contributed by atoms with van der Waals surface area (Å²) < 4.78 is 5.42. The molecule has 1 heterocycles. The van der Waals surface area contributed by atoms with Crippen molar-refractivity contribution >= 4 is 5.97 Å². The molecular weight excluding hydrogens is 238 g/mol. The summed E-state index contributed by atoms with van der Waals surface area (Å²) in [6.45, 7) is 5.57. The monoisotopic (exact) mass is 255 g/mol. The van der Waals surface area contributed by atoms with Crippen LogP contribution in [0.2, 0.25) is 0 Å². The smallest absolute Gasteiger partial charge is 0.339 e. The van der Waals surface area contributed by atoms with Crippen LogP contribution in [0, 0.1) is 0 Å². The molecular formula is C16H17NO2. The van der Waals surface area contributed by atoms with Crippen molar-refractivity contribution in [2.75, 3.05) is 0 Å². The van der Waals surface area contributed by atoms with Crippen molar-refractivity contribution in [2.45, 2.75) is 26.4 Å². The van der Waals surface area contributed by atoms with Crippen LogP contribution in [0.4, 0.5) is 0 Å². The van der Waals surface area contributed by atoms with Gasteiger partial charge in [-0.2, -0.15) is 0 Å². The Morgan fingerprint density at radius 1 is 1.11 bits per heavy atom. The summed E-state index contributed by atoms with van der Waals surface area (Å²) in [6.07, 6.45) is 3.29. The third-order valence-electron chi connectivity index (χ3n) is 2.52. The number of hydrogen-bond acceptors (Lipinski definition) is 3. The Morgan fingerprint density at radius 2 is 1.79 bits per heavy atom. The molecule has 0 aliphatic heterocycles. The molecule has 0 unspecified atom stereocenters. The molecule has 3 nitrogen and oxygen atoms in total. The summed E-state index contributed by atoms with van der Waals surface area (Å²) in [7, 11) is 0. The van der Waals surface area contributed by atoms with Crippen LogP contribution < -0.4 is 0 Å². The van der Waals surface area contributed by atoms with E-state index >= 15 is 0 Å². The van der Waals surface area contributed by atoms with E-state index in [1.807, 2.05) is 51.1 Å². The van der Waals surface area contributed by atoms with Gasteiger partial charge in [0.2, 0.25) is 0 Å². The van der Waals surface area contributed by atoms with E-state index < -0.39 is 5.60 Å². The van der Waals surface area contributed by atoms with E-state index in [1.165, 1.54) is 0 Å². The van der Waals surface area contributed by atoms with Gasteiger partial charge in [0, 0.05) is 18.0 Å². The third-order valence-corrected chi connectivity index (χ3v) is 2.52. The van der Waals surface area contributed by atoms with E-state index in [1.54, 1.807) is 18.5 Å². The van der Waals surface area contributed by atoms with Crippen LogP contribution in [-0.2, 0) is 4.74 Å². The molecule has 0 aliphatic carbocycles. The van der Waals surface area contributed by atoms with Gasteiger partial charge in [-0.25, -0.2) is 4.79 Å². The first kappa shape index (κ1) is 13.3. The molecule has 3 heteroatoms. The molecule has 0 atom stereocenters. The minimum absolute atomic E-state index is 0.325. The van der Waals surface area contributed by atoms with E-state index in [-0.39, 0.29) is 5.97 Å². The zero-order chi connectivity index (χ0) is 13.9. The summed E-state index contributed by atoms with van der Waals surface area (Å²) in [5.74, 6) is -0.325. The second-order valence-electron chi connectivity index (χ2n) is 5.29. The van der Waals surface area contributed by atoms with Crippen molar-refractivity contribution in [3.63, 3.8) is 0 Å². The predicted octanol–water partition coefficient (Wildman–Crippen LogP) is 3.70. The molecule has 0 saturated heterocycles. The number of aromatic nitrogens is 1. The maximum absolute atomic E-state index is 12.2. The van der Waals surface area contributed by atoms with Crippen LogP contribution in [0.5, 0.6) is 0 Å². The lowest BCUT2D eigenvalue weighted by Gasteiger charge is -2.20. The Hall–Kier alpha value is -2.16. The van der Waals surface area contributed by atoms with Crippen LogP contribution in [0.15, 0.2) is 48.8 Å². The Balaban J connectivity index is 2.40. The van der Waals surface area contributed by atoms with Gasteiger partial charge in [0.1, 0.15) is 5.60 Å². The normalized spacial score (nSPS) is 11.1. The summed E-state index contributed by atoms with van der Waals surface area (Å²) in [4.78, 5) is 16.3. The quantitative estimate of drug-likeness (QED) is 0.768. The highest BCUT2D eigenvalue weighted by Crippen LogP contribution is 2.24. The fourth-order valence-corrected chi connectivity index (χ4v) is 1.75. The largest absolute Gasteiger partial charge is 0.456 e. The standard InChI is InChI=1S/C16H17NO2/c1-16(2,3)19-15(18)13-9-10-17-11-14(13)12-7-5-4-6-8-12/h4-11H,1-3H3. The fraction of sp³-hybridized carbons (Fsp3) is 0.250. The molecule has 0 spiro atoms. The molecule has 98 valence electrons. The predicted molar refractivity (Wildman–Crippen MR) is 74.8 cm³/mol. The summed E-state index contributed by atoms with van der Waals surface area (Å²) >= 11 is 0. The highest BCUT2D eigenvalue weighted by Gasteiger charge is 2.20. The van der Waals surface area contributed by atoms with Crippen LogP contribution in [0.1, 0.15) is 31.1 Å². The molecule has 0 bridgehead atoms. The molecule has 0 fully saturated rings. The lowest BCUT2D eigenvalue weighted by Crippen LogP contribution is -2.24. The molecule has 1 aromatic carbocycles. The molecule has 1 aromatic heterocycles. The van der Waals surface area contributed by atoms with Crippen molar-refractivity contribution in [1.29, 1.82) is 0 Å². The molecule has 0 N–H and O–H groups in total. The fourth-order valence-electron chi connectivity index (χ4n) is 1.75. The molecule has 2 rings (SSSR count). The average molecular weight is 255 g/mol. The molecule has 0 amide bonds. The van der Waals surface area contributed by atoms with Gasteiger partial charge in [-0.15, -0.1) is 0 Å². The van der Waals surface area contributed by atoms with E-state index in [0.717, 1.165) is 11.1 Å². The first-order chi connectivity index (χ1) is 8.97. The Bertz CT molecular complexity index is 571. The Kier molecular flexibility index (Phi) is 3.65. The van der Waals surface area contributed by atoms with Gasteiger partial charge in [0.05, 0.1) is 5.56 Å². The SMILES string of the molecule is CC(C)(C)OC(=O)c1ccncc1-c1ccccc1. The summed E-state index contributed by atoms with van der Waals surface area (Å²) in [5, 5.41) is 0. The number of esters is 1. The van der Waals surface area contributed by atoms with Gasteiger partial charge >= 0.3 is 5.97 Å². The maximum Gasteiger partial charge on any atom is 0.339 e. The highest BCUT2D eigenvalue weighted by molar-refractivity contribution is 5.97. The maximum atomic E-state index is 12.2. The number of hydrogen-bond donors (Lipinski definition) is 0. The number of benzene rings is 1. The van der Waals surface area contributed by atoms with Crippen molar-refractivity contribution in [1.82, 2.24) is 4.98 Å². The van der Waals surface area contributed by atoms with E-state index in [2.05, 4.69) is 4.98 Å². The zero-order valence-electron chi connectivity index (χ0n) is 11.4. The van der Waals surface area contributed by atoms with E-state index in [4.69, 9.17) is 4.74 Å². The van der Waals surface area contributed by atoms with Crippen molar-refractivity contribution in [2.24, 2.45) is 0 Å². The Labute approximate surface area is 113 Å². The highest BCUT2D eigenvalue weighted by atomic mass is 16.6. The molecule has 0 saturated carbocycles. The Morgan fingerprint density at radius 3 is 2.42 bits per heavy atom. The second-order valence-corrected chi connectivity index (χ2v) is 5.29. The minimum Gasteiger partial charge on any atom is -0.456 e. The molecule has 0 radical (unpaired) electrons. The zero-order valence-corrected chi connectivity index (χ0v) is 11.4. The van der Waals surface area contributed by atoms with E-state index in [0.29, 0.717) is 5.56 Å². The van der Waals surface area contributed by atoms with Crippen molar-refractivity contribution in [3.8, 4) is 11.1 Å². The van der Waals surface area contributed by atoms with Gasteiger partial charge in [-0.05, 0) is 32.4 Å². The number of pyridine rings is 1. The third kappa shape index (κ3) is 3.41. The van der Waals surface area contributed by atoms with E-state index in [9.17, 15) is 4.79 Å². The number of nitrogens with zero attached hydrogens (tertiary/aromatic N) is 1. The van der Waals surface area contributed by atoms with Gasteiger partial charge in [-0.1, -0.05) is 30.3 Å². The minimum atomic E-state index is -0.506. The number of ether oxygens (including phenoxy) is 1. The number of carbonyl (C=O) groups is 1. The summed E-state index contributed by atoms with van der Waals surface area (Å²) in [5.41, 5.74) is 1.78. The van der Waals surface area contributed by atoms with Crippen LogP contribution in [0.3, 0.4) is 0 Å². The lowest BCUT2D eigenvalue weighted by molar-refractivity contribution is 0.00703. The average Bonchev–Trinajstić information content (AvgIpc) is 2.38. The van der Waals surface area contributed by atoms with Gasteiger partial charge in [-0.3, -0.25) is 4.98 Å². The second kappa shape index (κ2) is 5.22. The van der Waals surface area contributed by atoms with Crippen molar-refractivity contribution in [3.05, 3.63) is 54.4 Å². The van der Waals surface area contributed by atoms with Gasteiger partial charge < -0.3 is 4.74 Å². The van der Waals surface area contributed by atoms with Gasteiger partial charge in [0.25, 0.3) is 0 Å². The van der Waals surface area contributed by atoms with Crippen LogP contribution in [0.25, 0.3) is 11.1 Å². The summed E-state index contributed by atoms with van der Waals surface area (Å²) in [6, 6.07) is 11.4. The topological polar surface area (TPSA) is 39.2 Å². The van der Waals surface area contributed by atoms with Crippen LogP contribution >= 0.6 is 0 Å². The first-order valence-corrected chi connectivity index (χ1v) is 6.20. The number of carbonyl (C=O) groups excluding carboxylic acids is 1. The molecule has 0 aliphatic rings. The lowest BCUT2D eigenvalue weighted by atomic mass is 10.0. The van der Waals surface area contributed by atoms with Crippen molar-refractivity contribution < 1.29 is 9.53 Å². The molecule has 2 aromatic rings. The number of rotatable bonds is 2. The van der Waals surface area contributed by atoms with Gasteiger partial charge in [0.15, 0.2) is 0 Å². The first-order valence-electron chi connectivity index (χ1n) is 6.20. The molecule has 19 heavy (non-hydrogen) atoms. The van der Waals surface area contributed by atoms with Crippen LogP contribution in [-0.4, -0.2) is 16.6 Å².